The topological polar surface area (TPSA) is 107 Å². The lowest BCUT2D eigenvalue weighted by Gasteiger charge is -2.14. The molecule has 6 nitrogen and oxygen atoms in total. The summed E-state index contributed by atoms with van der Waals surface area (Å²) in [6.07, 6.45) is -1.02. The lowest BCUT2D eigenvalue weighted by Crippen LogP contribution is -2.32. The number of hydrogen-bond acceptors (Lipinski definition) is 6. The van der Waals surface area contributed by atoms with Crippen molar-refractivity contribution in [2.45, 2.75) is 24.4 Å². The molecule has 0 saturated carbocycles. The van der Waals surface area contributed by atoms with E-state index < -0.39 is 24.4 Å². The summed E-state index contributed by atoms with van der Waals surface area (Å²) < 4.78 is 5.32. The molecule has 1 aromatic heterocycles. The van der Waals surface area contributed by atoms with Gasteiger partial charge >= 0.3 is 0 Å². The normalized spacial score (nSPS) is 32.4. The van der Waals surface area contributed by atoms with E-state index in [2.05, 4.69) is 4.98 Å². The zero-order valence-corrected chi connectivity index (χ0v) is 8.89. The van der Waals surface area contributed by atoms with Crippen LogP contribution >= 0.6 is 0 Å². The highest BCUT2D eigenvalue weighted by Crippen LogP contribution is 2.33. The van der Waals surface area contributed by atoms with Crippen LogP contribution in [0.1, 0.15) is 17.2 Å². The van der Waals surface area contributed by atoms with Crippen LogP contribution in [0.15, 0.2) is 18.5 Å². The van der Waals surface area contributed by atoms with E-state index in [9.17, 15) is 10.2 Å². The van der Waals surface area contributed by atoms with Gasteiger partial charge < -0.3 is 20.1 Å². The summed E-state index contributed by atoms with van der Waals surface area (Å²) in [5, 5.41) is 37.1. The molecule has 3 N–H and O–H groups in total. The number of aliphatic hydroxyl groups excluding tert-OH is 3. The predicted molar refractivity (Wildman–Crippen MR) is 55.7 cm³/mol. The quantitative estimate of drug-likeness (QED) is 0.614. The number of ether oxygens (including phenoxy) is 1. The number of hydrogen-bond donors (Lipinski definition) is 3. The molecule has 1 fully saturated rings. The first-order valence-electron chi connectivity index (χ1n) is 5.15. The van der Waals surface area contributed by atoms with Gasteiger partial charge in [-0.25, -0.2) is 0 Å². The Balaban J connectivity index is 2.26. The summed E-state index contributed by atoms with van der Waals surface area (Å²) in [6, 6.07) is 3.47. The van der Waals surface area contributed by atoms with E-state index in [1.54, 1.807) is 0 Å². The summed E-state index contributed by atoms with van der Waals surface area (Å²) >= 11 is 0. The van der Waals surface area contributed by atoms with Crippen LogP contribution in [0.2, 0.25) is 0 Å². The third-order valence-corrected chi connectivity index (χ3v) is 2.76. The van der Waals surface area contributed by atoms with Gasteiger partial charge in [-0.3, -0.25) is 4.98 Å². The van der Waals surface area contributed by atoms with E-state index >= 15 is 0 Å². The van der Waals surface area contributed by atoms with Crippen LogP contribution in [0.3, 0.4) is 0 Å². The van der Waals surface area contributed by atoms with Crippen LogP contribution in [-0.4, -0.2) is 45.2 Å². The molecule has 2 rings (SSSR count). The SMILES string of the molecule is N#Cc1cncc([C@H]2O[C@H](CO)[C@@H](O)[C@H]2O)c1. The first-order valence-corrected chi connectivity index (χ1v) is 5.15. The molecule has 0 radical (unpaired) electrons. The van der Waals surface area contributed by atoms with Crippen LogP contribution in [0.25, 0.3) is 0 Å². The smallest absolute Gasteiger partial charge is 0.113 e. The van der Waals surface area contributed by atoms with Crippen molar-refractivity contribution in [2.24, 2.45) is 0 Å². The standard InChI is InChI=1S/C11H12N2O4/c12-2-6-1-7(4-13-3-6)11-10(16)9(15)8(5-14)17-11/h1,3-4,8-11,14-16H,5H2/t8-,9-,10-,11-/m1/s1. The van der Waals surface area contributed by atoms with Crippen molar-refractivity contribution in [3.05, 3.63) is 29.6 Å². The molecule has 6 heteroatoms. The van der Waals surface area contributed by atoms with Gasteiger partial charge in [0, 0.05) is 18.0 Å². The molecule has 1 aliphatic rings. The molecule has 2 heterocycles. The highest BCUT2D eigenvalue weighted by atomic mass is 16.6. The molecule has 0 amide bonds. The number of aromatic nitrogens is 1. The summed E-state index contributed by atoms with van der Waals surface area (Å²) in [7, 11) is 0. The maximum atomic E-state index is 9.78. The lowest BCUT2D eigenvalue weighted by molar-refractivity contribution is -0.0228. The summed E-state index contributed by atoms with van der Waals surface area (Å²) in [5.74, 6) is 0. The minimum atomic E-state index is -1.14. The Morgan fingerprint density at radius 1 is 1.35 bits per heavy atom. The van der Waals surface area contributed by atoms with E-state index in [0.29, 0.717) is 11.1 Å². The Morgan fingerprint density at radius 2 is 2.12 bits per heavy atom. The molecule has 1 aliphatic heterocycles. The van der Waals surface area contributed by atoms with E-state index in [1.165, 1.54) is 18.5 Å². The van der Waals surface area contributed by atoms with E-state index in [0.717, 1.165) is 0 Å². The molecule has 1 aromatic rings. The average molecular weight is 236 g/mol. The summed E-state index contributed by atoms with van der Waals surface area (Å²) in [4.78, 5) is 3.85. The van der Waals surface area contributed by atoms with E-state index in [4.69, 9.17) is 15.1 Å². The molecule has 0 unspecified atom stereocenters. The zero-order chi connectivity index (χ0) is 12.4. The van der Waals surface area contributed by atoms with E-state index in [1.807, 2.05) is 6.07 Å². The molecule has 1 saturated heterocycles. The van der Waals surface area contributed by atoms with Crippen LogP contribution < -0.4 is 0 Å². The van der Waals surface area contributed by atoms with Crippen molar-refractivity contribution in [3.63, 3.8) is 0 Å². The third kappa shape index (κ3) is 2.14. The van der Waals surface area contributed by atoms with Gasteiger partial charge in [-0.05, 0) is 6.07 Å². The van der Waals surface area contributed by atoms with Gasteiger partial charge in [-0.1, -0.05) is 0 Å². The second-order valence-corrected chi connectivity index (χ2v) is 3.88. The van der Waals surface area contributed by atoms with Crippen molar-refractivity contribution < 1.29 is 20.1 Å². The molecule has 0 bridgehead atoms. The van der Waals surface area contributed by atoms with Crippen LogP contribution in [0.4, 0.5) is 0 Å². The number of aliphatic hydroxyl groups is 3. The molecule has 0 aliphatic carbocycles. The average Bonchev–Trinajstić information content (AvgIpc) is 2.66. The minimum absolute atomic E-state index is 0.347. The van der Waals surface area contributed by atoms with Gasteiger partial charge in [0.25, 0.3) is 0 Å². The molecule has 17 heavy (non-hydrogen) atoms. The summed E-state index contributed by atoms with van der Waals surface area (Å²) in [6.45, 7) is -0.375. The molecular formula is C11H12N2O4. The fraction of sp³-hybridized carbons (Fsp3) is 0.455. The van der Waals surface area contributed by atoms with Gasteiger partial charge in [-0.15, -0.1) is 0 Å². The fourth-order valence-corrected chi connectivity index (χ4v) is 1.85. The molecule has 0 spiro atoms. The first kappa shape index (κ1) is 12.0. The Hall–Kier alpha value is -1.52. The Bertz CT molecular complexity index is 445. The van der Waals surface area contributed by atoms with Crippen molar-refractivity contribution in [3.8, 4) is 6.07 Å². The Labute approximate surface area is 97.7 Å². The minimum Gasteiger partial charge on any atom is -0.394 e. The Morgan fingerprint density at radius 3 is 2.71 bits per heavy atom. The first-order chi connectivity index (χ1) is 8.17. The van der Waals surface area contributed by atoms with Gasteiger partial charge in [-0.2, -0.15) is 5.26 Å². The highest BCUT2D eigenvalue weighted by molar-refractivity contribution is 5.31. The lowest BCUT2D eigenvalue weighted by atomic mass is 10.0. The van der Waals surface area contributed by atoms with Gasteiger partial charge in [0.1, 0.15) is 30.5 Å². The summed E-state index contributed by atoms with van der Waals surface area (Å²) in [5.41, 5.74) is 0.854. The molecule has 90 valence electrons. The van der Waals surface area contributed by atoms with Gasteiger partial charge in [0.15, 0.2) is 0 Å². The number of nitriles is 1. The highest BCUT2D eigenvalue weighted by Gasteiger charge is 2.43. The zero-order valence-electron chi connectivity index (χ0n) is 8.89. The van der Waals surface area contributed by atoms with Gasteiger partial charge in [0.2, 0.25) is 0 Å². The van der Waals surface area contributed by atoms with Crippen LogP contribution in [0, 0.1) is 11.3 Å². The predicted octanol–water partition coefficient (Wildman–Crippen LogP) is -0.893. The van der Waals surface area contributed by atoms with Crippen molar-refractivity contribution in [1.29, 1.82) is 5.26 Å². The fourth-order valence-electron chi connectivity index (χ4n) is 1.85. The Kier molecular flexibility index (Phi) is 3.36. The molecule has 0 aromatic carbocycles. The van der Waals surface area contributed by atoms with Gasteiger partial charge in [0.05, 0.1) is 12.2 Å². The van der Waals surface area contributed by atoms with Crippen molar-refractivity contribution in [2.75, 3.05) is 6.61 Å². The maximum absolute atomic E-state index is 9.78. The van der Waals surface area contributed by atoms with E-state index in [-0.39, 0.29) is 6.61 Å². The maximum Gasteiger partial charge on any atom is 0.113 e. The third-order valence-electron chi connectivity index (χ3n) is 2.76. The second kappa shape index (κ2) is 4.77. The van der Waals surface area contributed by atoms with Crippen molar-refractivity contribution >= 4 is 0 Å². The van der Waals surface area contributed by atoms with Crippen molar-refractivity contribution in [1.82, 2.24) is 4.98 Å². The molecular weight excluding hydrogens is 224 g/mol. The van der Waals surface area contributed by atoms with Crippen LogP contribution in [0.5, 0.6) is 0 Å². The monoisotopic (exact) mass is 236 g/mol. The largest absolute Gasteiger partial charge is 0.394 e. The number of pyridine rings is 1. The second-order valence-electron chi connectivity index (χ2n) is 3.88. The number of nitrogens with zero attached hydrogens (tertiary/aromatic N) is 2. The number of rotatable bonds is 2. The van der Waals surface area contributed by atoms with Crippen LogP contribution in [-0.2, 0) is 4.74 Å². The molecule has 4 atom stereocenters.